The number of aromatic nitrogens is 1. The van der Waals surface area contributed by atoms with Gasteiger partial charge in [0, 0.05) is 15.6 Å². The van der Waals surface area contributed by atoms with Crippen LogP contribution in [0.2, 0.25) is 5.02 Å². The summed E-state index contributed by atoms with van der Waals surface area (Å²) in [7, 11) is 0. The van der Waals surface area contributed by atoms with Gasteiger partial charge >= 0.3 is 0 Å². The lowest BCUT2D eigenvalue weighted by Gasteiger charge is -2.06. The molecule has 1 aromatic heterocycles. The molecule has 0 aliphatic carbocycles. The van der Waals surface area contributed by atoms with E-state index >= 15 is 0 Å². The van der Waals surface area contributed by atoms with Gasteiger partial charge in [-0.25, -0.2) is 9.37 Å². The van der Waals surface area contributed by atoms with Gasteiger partial charge in [-0.1, -0.05) is 34.5 Å². The fourth-order valence-electron chi connectivity index (χ4n) is 1.45. The molecule has 0 amide bonds. The molecule has 0 saturated heterocycles. The molecule has 1 aromatic carbocycles. The van der Waals surface area contributed by atoms with E-state index in [1.54, 1.807) is 12.1 Å². The third-order valence-corrected chi connectivity index (χ3v) is 3.19. The molecule has 0 unspecified atom stereocenters. The van der Waals surface area contributed by atoms with Gasteiger partial charge < -0.3 is 0 Å². The molecule has 1 heterocycles. The van der Waals surface area contributed by atoms with E-state index in [2.05, 4.69) is 20.9 Å². The van der Waals surface area contributed by atoms with Gasteiger partial charge in [-0.15, -0.1) is 0 Å². The second-order valence-electron chi connectivity index (χ2n) is 3.20. The van der Waals surface area contributed by atoms with Gasteiger partial charge in [0.05, 0.1) is 5.02 Å². The van der Waals surface area contributed by atoms with Gasteiger partial charge in [-0.3, -0.25) is 0 Å². The van der Waals surface area contributed by atoms with Crippen LogP contribution >= 0.6 is 27.5 Å². The summed E-state index contributed by atoms with van der Waals surface area (Å²) in [5.41, 5.74) is 1.12. The van der Waals surface area contributed by atoms with E-state index in [0.717, 1.165) is 16.6 Å². The molecule has 0 atom stereocenters. The Morgan fingerprint density at radius 3 is 2.87 bits per heavy atom. The van der Waals surface area contributed by atoms with Crippen LogP contribution in [0.25, 0.3) is 10.9 Å². The van der Waals surface area contributed by atoms with Crippen LogP contribution in [-0.4, -0.2) is 4.98 Å². The Morgan fingerprint density at radius 1 is 1.47 bits per heavy atom. The summed E-state index contributed by atoms with van der Waals surface area (Å²) in [4.78, 5) is 4.23. The summed E-state index contributed by atoms with van der Waals surface area (Å²) in [6, 6.07) is 4.79. The maximum absolute atomic E-state index is 13.5. The zero-order chi connectivity index (χ0) is 11.0. The minimum absolute atomic E-state index is 0.328. The summed E-state index contributed by atoms with van der Waals surface area (Å²) < 4.78 is 14.3. The molecular formula is C11H8BrClFN. The molecule has 0 fully saturated rings. The molecule has 15 heavy (non-hydrogen) atoms. The molecule has 0 saturated carbocycles. The topological polar surface area (TPSA) is 12.9 Å². The van der Waals surface area contributed by atoms with Crippen molar-refractivity contribution in [2.75, 3.05) is 0 Å². The normalized spacial score (nSPS) is 10.9. The van der Waals surface area contributed by atoms with Gasteiger partial charge in [-0.05, 0) is 24.6 Å². The molecule has 0 N–H and O–H groups in total. The van der Waals surface area contributed by atoms with Crippen molar-refractivity contribution in [2.45, 2.75) is 13.3 Å². The molecule has 78 valence electrons. The minimum Gasteiger partial charge on any atom is -0.250 e. The summed E-state index contributed by atoms with van der Waals surface area (Å²) in [6.07, 6.45) is 0.738. The lowest BCUT2D eigenvalue weighted by Crippen LogP contribution is -1.92. The maximum Gasteiger partial charge on any atom is 0.149 e. The molecule has 2 aromatic rings. The van der Waals surface area contributed by atoms with E-state index in [-0.39, 0.29) is 5.82 Å². The number of hydrogen-bond donors (Lipinski definition) is 0. The zero-order valence-corrected chi connectivity index (χ0v) is 10.4. The molecular weight excluding hydrogens is 280 g/mol. The summed E-state index contributed by atoms with van der Waals surface area (Å²) in [5.74, 6) is -0.342. The van der Waals surface area contributed by atoms with Crippen molar-refractivity contribution in [1.29, 1.82) is 0 Å². The molecule has 0 aliphatic rings. The highest BCUT2D eigenvalue weighted by molar-refractivity contribution is 9.10. The minimum atomic E-state index is -0.342. The van der Waals surface area contributed by atoms with E-state index in [1.165, 1.54) is 6.07 Å². The van der Waals surface area contributed by atoms with Crippen LogP contribution in [0.3, 0.4) is 0 Å². The van der Waals surface area contributed by atoms with Crippen LogP contribution in [0.5, 0.6) is 0 Å². The average molecular weight is 289 g/mol. The molecule has 2 rings (SSSR count). The smallest absolute Gasteiger partial charge is 0.149 e. The van der Waals surface area contributed by atoms with E-state index in [1.807, 2.05) is 6.92 Å². The number of halogens is 3. The first-order chi connectivity index (χ1) is 7.13. The van der Waals surface area contributed by atoms with Crippen LogP contribution in [0.1, 0.15) is 12.6 Å². The highest BCUT2D eigenvalue weighted by Crippen LogP contribution is 2.31. The molecule has 0 aliphatic heterocycles. The quantitative estimate of drug-likeness (QED) is 0.760. The number of pyridine rings is 1. The highest BCUT2D eigenvalue weighted by atomic mass is 79.9. The van der Waals surface area contributed by atoms with Crippen molar-refractivity contribution in [2.24, 2.45) is 0 Å². The lowest BCUT2D eigenvalue weighted by atomic mass is 10.2. The van der Waals surface area contributed by atoms with E-state index < -0.39 is 0 Å². The number of hydrogen-bond acceptors (Lipinski definition) is 1. The van der Waals surface area contributed by atoms with Gasteiger partial charge in [0.15, 0.2) is 0 Å². The number of aryl methyl sites for hydroxylation is 1. The highest BCUT2D eigenvalue weighted by Gasteiger charge is 2.10. The van der Waals surface area contributed by atoms with Crippen LogP contribution in [-0.2, 0) is 6.42 Å². The number of nitrogens with zero attached hydrogens (tertiary/aromatic N) is 1. The van der Waals surface area contributed by atoms with E-state index in [9.17, 15) is 4.39 Å². The van der Waals surface area contributed by atoms with Crippen molar-refractivity contribution in [1.82, 2.24) is 4.98 Å². The zero-order valence-electron chi connectivity index (χ0n) is 8.02. The Morgan fingerprint density at radius 2 is 2.20 bits per heavy atom. The molecule has 4 heteroatoms. The van der Waals surface area contributed by atoms with Gasteiger partial charge in [0.25, 0.3) is 0 Å². The van der Waals surface area contributed by atoms with Crippen molar-refractivity contribution in [3.8, 4) is 0 Å². The SMILES string of the molecule is CCc1cc(Cl)c2c(Br)ccc(F)c2n1. The van der Waals surface area contributed by atoms with Gasteiger partial charge in [-0.2, -0.15) is 0 Å². The summed E-state index contributed by atoms with van der Waals surface area (Å²) in [6.45, 7) is 1.96. The number of benzene rings is 1. The van der Waals surface area contributed by atoms with Crippen molar-refractivity contribution < 1.29 is 4.39 Å². The first kappa shape index (κ1) is 10.8. The van der Waals surface area contributed by atoms with Gasteiger partial charge in [0.2, 0.25) is 0 Å². The second-order valence-corrected chi connectivity index (χ2v) is 4.46. The number of rotatable bonds is 1. The molecule has 1 nitrogen and oxygen atoms in total. The second kappa shape index (κ2) is 4.06. The Kier molecular flexibility index (Phi) is 2.94. The summed E-state index contributed by atoms with van der Waals surface area (Å²) in [5, 5.41) is 1.16. The van der Waals surface area contributed by atoms with E-state index in [0.29, 0.717) is 15.9 Å². The Balaban J connectivity index is 2.90. The third-order valence-electron chi connectivity index (χ3n) is 2.23. The summed E-state index contributed by atoms with van der Waals surface area (Å²) >= 11 is 9.42. The monoisotopic (exact) mass is 287 g/mol. The van der Waals surface area contributed by atoms with Crippen molar-refractivity contribution in [3.63, 3.8) is 0 Å². The Hall–Kier alpha value is -0.670. The van der Waals surface area contributed by atoms with Crippen LogP contribution in [0.15, 0.2) is 22.7 Å². The van der Waals surface area contributed by atoms with Crippen LogP contribution in [0.4, 0.5) is 4.39 Å². The predicted octanol–water partition coefficient (Wildman–Crippen LogP) is 4.35. The van der Waals surface area contributed by atoms with Crippen molar-refractivity contribution in [3.05, 3.63) is 39.2 Å². The largest absolute Gasteiger partial charge is 0.250 e. The Labute approximate surface area is 100 Å². The fourth-order valence-corrected chi connectivity index (χ4v) is 2.42. The standard InChI is InChI=1S/C11H8BrClFN/c1-2-6-5-8(13)10-7(12)3-4-9(14)11(10)15-6/h3-5H,2H2,1H3. The third kappa shape index (κ3) is 1.86. The van der Waals surface area contributed by atoms with Crippen molar-refractivity contribution >= 4 is 38.4 Å². The first-order valence-electron chi connectivity index (χ1n) is 4.56. The average Bonchev–Trinajstić information content (AvgIpc) is 2.23. The Bertz CT molecular complexity index is 527. The molecule has 0 spiro atoms. The predicted molar refractivity (Wildman–Crippen MR) is 63.8 cm³/mol. The van der Waals surface area contributed by atoms with E-state index in [4.69, 9.17) is 11.6 Å². The molecule has 0 bridgehead atoms. The maximum atomic E-state index is 13.5. The van der Waals surface area contributed by atoms with Gasteiger partial charge in [0.1, 0.15) is 11.3 Å². The number of fused-ring (bicyclic) bond motifs is 1. The molecule has 0 radical (unpaired) electrons. The fraction of sp³-hybridized carbons (Fsp3) is 0.182. The lowest BCUT2D eigenvalue weighted by molar-refractivity contribution is 0.636. The van der Waals surface area contributed by atoms with Crippen LogP contribution < -0.4 is 0 Å². The first-order valence-corrected chi connectivity index (χ1v) is 5.73. The van der Waals surface area contributed by atoms with Crippen LogP contribution in [0, 0.1) is 5.82 Å².